The van der Waals surface area contributed by atoms with Crippen molar-refractivity contribution in [1.29, 1.82) is 0 Å². The van der Waals surface area contributed by atoms with Crippen LogP contribution >= 0.6 is 0 Å². The van der Waals surface area contributed by atoms with Gasteiger partial charge in [-0.1, -0.05) is 34.6 Å². The van der Waals surface area contributed by atoms with Gasteiger partial charge in [-0.15, -0.1) is 0 Å². The zero-order valence-electron chi connectivity index (χ0n) is 9.27. The highest BCUT2D eigenvalue weighted by molar-refractivity contribution is 5.57. The van der Waals surface area contributed by atoms with E-state index < -0.39 is 0 Å². The maximum atomic E-state index is 10.4. The molecule has 0 bridgehead atoms. The van der Waals surface area contributed by atoms with Crippen molar-refractivity contribution in [2.45, 2.75) is 47.1 Å². The number of carbonyl (C=O) groups excluding carboxylic acids is 1. The largest absolute Gasteiger partial charge is 0.311 e. The molecule has 1 atom stereocenters. The van der Waals surface area contributed by atoms with Crippen LogP contribution in [0.4, 0.5) is 0 Å². The highest BCUT2D eigenvalue weighted by Crippen LogP contribution is 2.19. The summed E-state index contributed by atoms with van der Waals surface area (Å²) in [6.07, 6.45) is 1.86. The Morgan fingerprint density at radius 1 is 1.33 bits per heavy atom. The van der Waals surface area contributed by atoms with Gasteiger partial charge in [0.1, 0.15) is 6.29 Å². The summed E-state index contributed by atoms with van der Waals surface area (Å²) in [6, 6.07) is 0.0139. The predicted octanol–water partition coefficient (Wildman–Crippen LogP) is 2.24. The second-order valence-electron chi connectivity index (χ2n) is 3.80. The Morgan fingerprint density at radius 3 is 1.83 bits per heavy atom. The lowest BCUT2D eigenvalue weighted by Crippen LogP contribution is -2.31. The normalized spacial score (nSPS) is 12.8. The first-order valence-corrected chi connectivity index (χ1v) is 4.62. The third kappa shape index (κ3) is 9.63. The van der Waals surface area contributed by atoms with Crippen LogP contribution in [0.15, 0.2) is 0 Å². The molecule has 0 rings (SSSR count). The number of nitrogens with one attached hydrogen (secondary N) is 1. The maximum absolute atomic E-state index is 10.4. The number of carbonyl (C=O) groups is 1. The number of hydrogen-bond donors (Lipinski definition) is 1. The lowest BCUT2D eigenvalue weighted by Gasteiger charge is -2.21. The molecule has 0 amide bonds. The quantitative estimate of drug-likeness (QED) is 0.663. The van der Waals surface area contributed by atoms with Crippen molar-refractivity contribution < 1.29 is 4.79 Å². The van der Waals surface area contributed by atoms with Crippen LogP contribution < -0.4 is 5.32 Å². The molecule has 2 nitrogen and oxygen atoms in total. The third-order valence-corrected chi connectivity index (χ3v) is 1.37. The molecule has 0 fully saturated rings. The summed E-state index contributed by atoms with van der Waals surface area (Å²) >= 11 is 0. The van der Waals surface area contributed by atoms with E-state index in [-0.39, 0.29) is 11.5 Å². The minimum Gasteiger partial charge on any atom is -0.311 e. The first kappa shape index (κ1) is 14.2. The van der Waals surface area contributed by atoms with Gasteiger partial charge in [0, 0.05) is 0 Å². The molecule has 0 aliphatic heterocycles. The molecule has 0 aliphatic rings. The standard InChI is InChI=1S/C8H17NO.C2H6/c1-8(2,3)5-7(6-10)9-4;1-2/h6-7,9H,5H2,1-4H3;1-2H3. The summed E-state index contributed by atoms with van der Waals surface area (Å²) in [4.78, 5) is 10.4. The van der Waals surface area contributed by atoms with E-state index in [4.69, 9.17) is 0 Å². The number of hydrogen-bond acceptors (Lipinski definition) is 2. The summed E-state index contributed by atoms with van der Waals surface area (Å²) in [5.41, 5.74) is 0.231. The van der Waals surface area contributed by atoms with E-state index in [1.54, 1.807) is 0 Å². The highest BCUT2D eigenvalue weighted by atomic mass is 16.1. The fourth-order valence-corrected chi connectivity index (χ4v) is 0.878. The molecule has 0 saturated heterocycles. The molecule has 0 aromatic rings. The first-order chi connectivity index (χ1) is 5.49. The van der Waals surface area contributed by atoms with Crippen LogP contribution in [-0.2, 0) is 4.79 Å². The Balaban J connectivity index is 0. The monoisotopic (exact) mass is 173 g/mol. The van der Waals surface area contributed by atoms with Gasteiger partial charge in [-0.2, -0.15) is 0 Å². The number of likely N-dealkylation sites (N-methyl/N-ethyl adjacent to an activating group) is 1. The van der Waals surface area contributed by atoms with Gasteiger partial charge in [0.2, 0.25) is 0 Å². The topological polar surface area (TPSA) is 29.1 Å². The third-order valence-electron chi connectivity index (χ3n) is 1.37. The van der Waals surface area contributed by atoms with Gasteiger partial charge < -0.3 is 10.1 Å². The second-order valence-corrected chi connectivity index (χ2v) is 3.80. The van der Waals surface area contributed by atoms with E-state index in [1.165, 1.54) is 0 Å². The average molecular weight is 173 g/mol. The van der Waals surface area contributed by atoms with Crippen LogP contribution in [-0.4, -0.2) is 19.4 Å². The molecule has 74 valence electrons. The van der Waals surface area contributed by atoms with Crippen LogP contribution in [0.5, 0.6) is 0 Å². The molecular weight excluding hydrogens is 150 g/mol. The molecule has 0 aromatic heterocycles. The lowest BCUT2D eigenvalue weighted by atomic mass is 9.89. The van der Waals surface area contributed by atoms with Gasteiger partial charge in [-0.05, 0) is 18.9 Å². The van der Waals surface area contributed by atoms with E-state index >= 15 is 0 Å². The van der Waals surface area contributed by atoms with E-state index in [1.807, 2.05) is 20.9 Å². The summed E-state index contributed by atoms with van der Waals surface area (Å²) in [5.74, 6) is 0. The fraction of sp³-hybridized carbons (Fsp3) is 0.900. The van der Waals surface area contributed by atoms with Crippen LogP contribution in [0.2, 0.25) is 0 Å². The number of rotatable bonds is 3. The van der Waals surface area contributed by atoms with Crippen molar-refractivity contribution in [3.63, 3.8) is 0 Å². The Labute approximate surface area is 76.7 Å². The summed E-state index contributed by atoms with van der Waals surface area (Å²) < 4.78 is 0. The predicted molar refractivity (Wildman–Crippen MR) is 54.3 cm³/mol. The van der Waals surface area contributed by atoms with Gasteiger partial charge in [0.05, 0.1) is 6.04 Å². The van der Waals surface area contributed by atoms with E-state index in [0.29, 0.717) is 0 Å². The highest BCUT2D eigenvalue weighted by Gasteiger charge is 2.15. The first-order valence-electron chi connectivity index (χ1n) is 4.62. The van der Waals surface area contributed by atoms with Gasteiger partial charge >= 0.3 is 0 Å². The van der Waals surface area contributed by atoms with Crippen LogP contribution in [0.3, 0.4) is 0 Å². The molecule has 0 heterocycles. The molecular formula is C10H23NO. The zero-order chi connectivity index (χ0) is 10.2. The van der Waals surface area contributed by atoms with E-state index in [0.717, 1.165) is 12.7 Å². The molecule has 2 heteroatoms. The minimum absolute atomic E-state index is 0.0139. The lowest BCUT2D eigenvalue weighted by molar-refractivity contribution is -0.110. The SMILES string of the molecule is CC.CNC(C=O)CC(C)(C)C. The number of aldehydes is 1. The maximum Gasteiger partial charge on any atom is 0.136 e. The summed E-state index contributed by atoms with van der Waals surface area (Å²) in [7, 11) is 1.81. The van der Waals surface area contributed by atoms with Crippen LogP contribution in [0, 0.1) is 5.41 Å². The van der Waals surface area contributed by atoms with Gasteiger partial charge in [-0.3, -0.25) is 0 Å². The molecule has 1 N–H and O–H groups in total. The van der Waals surface area contributed by atoms with Gasteiger partial charge in [-0.25, -0.2) is 0 Å². The van der Waals surface area contributed by atoms with Gasteiger partial charge in [0.25, 0.3) is 0 Å². The van der Waals surface area contributed by atoms with Crippen molar-refractivity contribution in [2.24, 2.45) is 5.41 Å². The second kappa shape index (κ2) is 7.29. The zero-order valence-corrected chi connectivity index (χ0v) is 9.27. The van der Waals surface area contributed by atoms with Crippen molar-refractivity contribution in [2.75, 3.05) is 7.05 Å². The summed E-state index contributed by atoms with van der Waals surface area (Å²) in [6.45, 7) is 10.4. The Bertz CT molecular complexity index is 105. The summed E-state index contributed by atoms with van der Waals surface area (Å²) in [5, 5.41) is 2.94. The van der Waals surface area contributed by atoms with Crippen LogP contribution in [0.25, 0.3) is 0 Å². The fourth-order valence-electron chi connectivity index (χ4n) is 0.878. The van der Waals surface area contributed by atoms with Crippen molar-refractivity contribution in [1.82, 2.24) is 5.32 Å². The Hall–Kier alpha value is -0.370. The molecule has 1 unspecified atom stereocenters. The minimum atomic E-state index is 0.0139. The van der Waals surface area contributed by atoms with Crippen molar-refractivity contribution in [3.05, 3.63) is 0 Å². The van der Waals surface area contributed by atoms with Crippen molar-refractivity contribution in [3.8, 4) is 0 Å². The van der Waals surface area contributed by atoms with Gasteiger partial charge in [0.15, 0.2) is 0 Å². The smallest absolute Gasteiger partial charge is 0.136 e. The molecule has 12 heavy (non-hydrogen) atoms. The molecule has 0 spiro atoms. The van der Waals surface area contributed by atoms with E-state index in [2.05, 4.69) is 26.1 Å². The van der Waals surface area contributed by atoms with Crippen molar-refractivity contribution >= 4 is 6.29 Å². The Morgan fingerprint density at radius 2 is 1.75 bits per heavy atom. The molecule has 0 aliphatic carbocycles. The van der Waals surface area contributed by atoms with E-state index in [9.17, 15) is 4.79 Å². The average Bonchev–Trinajstić information content (AvgIpc) is 2.02. The molecule has 0 saturated carbocycles. The Kier molecular flexibility index (Phi) is 8.61. The molecule has 0 aromatic carbocycles. The molecule has 0 radical (unpaired) electrons. The van der Waals surface area contributed by atoms with Crippen LogP contribution in [0.1, 0.15) is 41.0 Å².